The lowest BCUT2D eigenvalue weighted by molar-refractivity contribution is -0.109. The summed E-state index contributed by atoms with van der Waals surface area (Å²) in [6.07, 6.45) is 7.40. The van der Waals surface area contributed by atoms with Gasteiger partial charge in [-0.2, -0.15) is 0 Å². The third-order valence-electron chi connectivity index (χ3n) is 1.81. The number of carbonyl (C=O) groups excluding carboxylic acids is 3. The monoisotopic (exact) mass is 232 g/mol. The molecule has 0 aliphatic heterocycles. The van der Waals surface area contributed by atoms with Gasteiger partial charge in [0.1, 0.15) is 18.9 Å². The first-order chi connectivity index (χ1) is 8.35. The van der Waals surface area contributed by atoms with Crippen LogP contribution >= 0.6 is 0 Å². The number of carbonyl (C=O) groups is 3. The molecule has 90 valence electrons. The first kappa shape index (κ1) is 15.0. The van der Waals surface area contributed by atoms with Crippen LogP contribution < -0.4 is 0 Å². The van der Waals surface area contributed by atoms with Gasteiger partial charge in [0.05, 0.1) is 0 Å². The van der Waals surface area contributed by atoms with Crippen LogP contribution in [0.3, 0.4) is 0 Å². The summed E-state index contributed by atoms with van der Waals surface area (Å²) >= 11 is 0. The van der Waals surface area contributed by atoms with E-state index in [2.05, 4.69) is 0 Å². The lowest BCUT2D eigenvalue weighted by atomic mass is 10.2. The highest BCUT2D eigenvalue weighted by molar-refractivity contribution is 5.73. The molecule has 0 radical (unpaired) electrons. The second-order valence-electron chi connectivity index (χ2n) is 3.17. The van der Waals surface area contributed by atoms with E-state index < -0.39 is 0 Å². The maximum absolute atomic E-state index is 9.89. The molecule has 0 amide bonds. The summed E-state index contributed by atoms with van der Waals surface area (Å²) in [5.74, 6) is 0. The Morgan fingerprint density at radius 2 is 1.47 bits per heavy atom. The zero-order valence-corrected chi connectivity index (χ0v) is 9.62. The first-order valence-electron chi connectivity index (χ1n) is 5.39. The SMILES string of the molecule is O=CC=Cc1ccccc1.O=CCCCC=O. The summed E-state index contributed by atoms with van der Waals surface area (Å²) in [6, 6.07) is 9.70. The van der Waals surface area contributed by atoms with Crippen molar-refractivity contribution in [2.45, 2.75) is 19.3 Å². The minimum Gasteiger partial charge on any atom is -0.303 e. The van der Waals surface area contributed by atoms with Crippen molar-refractivity contribution >= 4 is 24.9 Å². The van der Waals surface area contributed by atoms with Crippen LogP contribution in [-0.2, 0) is 14.4 Å². The Morgan fingerprint density at radius 1 is 0.882 bits per heavy atom. The number of hydrogen-bond donors (Lipinski definition) is 0. The molecule has 0 N–H and O–H groups in total. The fourth-order valence-corrected chi connectivity index (χ4v) is 0.999. The Bertz CT molecular complexity index is 334. The molecule has 1 aromatic rings. The third-order valence-corrected chi connectivity index (χ3v) is 1.81. The standard InChI is InChI=1S/C9H8O.C5H8O2/c10-8-4-7-9-5-2-1-3-6-9;6-4-2-1-3-5-7/h1-8H;4-5H,1-3H2. The molecule has 0 fully saturated rings. The van der Waals surface area contributed by atoms with E-state index in [1.165, 1.54) is 6.08 Å². The van der Waals surface area contributed by atoms with Gasteiger partial charge in [0.15, 0.2) is 0 Å². The molecule has 0 heterocycles. The number of rotatable bonds is 6. The largest absolute Gasteiger partial charge is 0.303 e. The van der Waals surface area contributed by atoms with Gasteiger partial charge >= 0.3 is 0 Å². The van der Waals surface area contributed by atoms with Gasteiger partial charge in [0, 0.05) is 12.8 Å². The van der Waals surface area contributed by atoms with Gasteiger partial charge in [-0.3, -0.25) is 4.79 Å². The van der Waals surface area contributed by atoms with Crippen LogP contribution in [0.5, 0.6) is 0 Å². The van der Waals surface area contributed by atoms with Gasteiger partial charge < -0.3 is 9.59 Å². The van der Waals surface area contributed by atoms with Crippen molar-refractivity contribution in [3.8, 4) is 0 Å². The predicted octanol–water partition coefficient (Wildman–Crippen LogP) is 2.45. The summed E-state index contributed by atoms with van der Waals surface area (Å²) in [6.45, 7) is 0. The maximum Gasteiger partial charge on any atom is 0.142 e. The van der Waals surface area contributed by atoms with Gasteiger partial charge in [-0.05, 0) is 18.1 Å². The van der Waals surface area contributed by atoms with Crippen LogP contribution in [0, 0.1) is 0 Å². The topological polar surface area (TPSA) is 51.2 Å². The van der Waals surface area contributed by atoms with Crippen LogP contribution in [-0.4, -0.2) is 18.9 Å². The van der Waals surface area contributed by atoms with Crippen molar-refractivity contribution in [1.29, 1.82) is 0 Å². The van der Waals surface area contributed by atoms with Crippen LogP contribution in [0.4, 0.5) is 0 Å². The highest BCUT2D eigenvalue weighted by Gasteiger charge is 1.80. The molecule has 0 saturated carbocycles. The van der Waals surface area contributed by atoms with Gasteiger partial charge in [-0.15, -0.1) is 0 Å². The van der Waals surface area contributed by atoms with Crippen molar-refractivity contribution in [1.82, 2.24) is 0 Å². The van der Waals surface area contributed by atoms with E-state index in [1.807, 2.05) is 30.3 Å². The van der Waals surface area contributed by atoms with Crippen LogP contribution in [0.25, 0.3) is 6.08 Å². The van der Waals surface area contributed by atoms with E-state index >= 15 is 0 Å². The smallest absolute Gasteiger partial charge is 0.142 e. The summed E-state index contributed by atoms with van der Waals surface area (Å²) in [5, 5.41) is 0. The number of benzene rings is 1. The molecule has 3 heteroatoms. The van der Waals surface area contributed by atoms with E-state index in [0.717, 1.165) is 24.4 Å². The second-order valence-corrected chi connectivity index (χ2v) is 3.17. The minimum atomic E-state index is 0.513. The van der Waals surface area contributed by atoms with E-state index in [-0.39, 0.29) is 0 Å². The first-order valence-corrected chi connectivity index (χ1v) is 5.39. The molecule has 0 spiro atoms. The summed E-state index contributed by atoms with van der Waals surface area (Å²) < 4.78 is 0. The molecule has 0 atom stereocenters. The summed E-state index contributed by atoms with van der Waals surface area (Å²) in [5.41, 5.74) is 1.05. The van der Waals surface area contributed by atoms with Crippen LogP contribution in [0.1, 0.15) is 24.8 Å². The molecule has 1 rings (SSSR count). The lowest BCUT2D eigenvalue weighted by Gasteiger charge is -1.86. The average molecular weight is 232 g/mol. The molecule has 0 unspecified atom stereocenters. The second kappa shape index (κ2) is 12.0. The number of allylic oxidation sites excluding steroid dienone is 1. The zero-order valence-electron chi connectivity index (χ0n) is 9.62. The summed E-state index contributed by atoms with van der Waals surface area (Å²) in [7, 11) is 0. The Balaban J connectivity index is 0.000000325. The molecule has 17 heavy (non-hydrogen) atoms. The predicted molar refractivity (Wildman–Crippen MR) is 67.5 cm³/mol. The van der Waals surface area contributed by atoms with Crippen LogP contribution in [0.15, 0.2) is 36.4 Å². The number of hydrogen-bond acceptors (Lipinski definition) is 3. The normalized spacial score (nSPS) is 9.18. The van der Waals surface area contributed by atoms with Gasteiger partial charge in [0.2, 0.25) is 0 Å². The minimum absolute atomic E-state index is 0.513. The highest BCUT2D eigenvalue weighted by atomic mass is 16.1. The Morgan fingerprint density at radius 3 is 1.94 bits per heavy atom. The van der Waals surface area contributed by atoms with E-state index in [1.54, 1.807) is 6.08 Å². The van der Waals surface area contributed by atoms with Gasteiger partial charge in [-0.1, -0.05) is 36.4 Å². The molecule has 0 aliphatic carbocycles. The van der Waals surface area contributed by atoms with E-state index in [4.69, 9.17) is 0 Å². The zero-order chi connectivity index (χ0) is 12.8. The molecule has 3 nitrogen and oxygen atoms in total. The van der Waals surface area contributed by atoms with Crippen molar-refractivity contribution < 1.29 is 14.4 Å². The molecular formula is C14H16O3. The fourth-order valence-electron chi connectivity index (χ4n) is 0.999. The van der Waals surface area contributed by atoms with Crippen LogP contribution in [0.2, 0.25) is 0 Å². The summed E-state index contributed by atoms with van der Waals surface area (Å²) in [4.78, 5) is 29.0. The maximum atomic E-state index is 9.89. The molecule has 0 aromatic heterocycles. The fraction of sp³-hybridized carbons (Fsp3) is 0.214. The third kappa shape index (κ3) is 10.3. The van der Waals surface area contributed by atoms with Crippen molar-refractivity contribution in [2.75, 3.05) is 0 Å². The number of unbranched alkanes of at least 4 members (excludes halogenated alkanes) is 2. The molecule has 0 aliphatic rings. The Kier molecular flexibility index (Phi) is 10.6. The Labute approximate surface area is 101 Å². The van der Waals surface area contributed by atoms with E-state index in [9.17, 15) is 14.4 Å². The quantitative estimate of drug-likeness (QED) is 0.430. The number of aldehydes is 3. The van der Waals surface area contributed by atoms with Gasteiger partial charge in [-0.25, -0.2) is 0 Å². The Hall–Kier alpha value is -2.03. The molecule has 1 aromatic carbocycles. The molecule has 0 bridgehead atoms. The highest BCUT2D eigenvalue weighted by Crippen LogP contribution is 1.99. The molecular weight excluding hydrogens is 216 g/mol. The lowest BCUT2D eigenvalue weighted by Crippen LogP contribution is -1.76. The van der Waals surface area contributed by atoms with E-state index in [0.29, 0.717) is 19.3 Å². The van der Waals surface area contributed by atoms with Crippen molar-refractivity contribution in [2.24, 2.45) is 0 Å². The van der Waals surface area contributed by atoms with Crippen molar-refractivity contribution in [3.05, 3.63) is 42.0 Å². The van der Waals surface area contributed by atoms with Crippen molar-refractivity contribution in [3.63, 3.8) is 0 Å². The molecule has 0 saturated heterocycles. The van der Waals surface area contributed by atoms with Gasteiger partial charge in [0.25, 0.3) is 0 Å². The average Bonchev–Trinajstić information content (AvgIpc) is 2.39.